The Balaban J connectivity index is 3.19. The number of halogens is 1. The predicted octanol–water partition coefficient (Wildman–Crippen LogP) is 3.69. The van der Waals surface area contributed by atoms with E-state index >= 15 is 0 Å². The van der Waals surface area contributed by atoms with Crippen LogP contribution in [-0.4, -0.2) is 31.3 Å². The van der Waals surface area contributed by atoms with Crippen LogP contribution in [0.1, 0.15) is 37.1 Å². The summed E-state index contributed by atoms with van der Waals surface area (Å²) in [5.41, 5.74) is 3.37. The number of aromatic nitrogens is 1. The van der Waals surface area contributed by atoms with Gasteiger partial charge in [-0.25, -0.2) is 4.98 Å². The number of hydrogen-bond acceptors (Lipinski definition) is 3. The number of rotatable bonds is 7. The Morgan fingerprint density at radius 3 is 2.63 bits per heavy atom. The van der Waals surface area contributed by atoms with Crippen LogP contribution in [0.5, 0.6) is 0 Å². The third-order valence-corrected chi connectivity index (χ3v) is 3.79. The first kappa shape index (κ1) is 16.3. The van der Waals surface area contributed by atoms with E-state index < -0.39 is 0 Å². The number of anilines is 1. The maximum absolute atomic E-state index is 6.12. The van der Waals surface area contributed by atoms with E-state index in [9.17, 15) is 0 Å². The van der Waals surface area contributed by atoms with E-state index in [-0.39, 0.29) is 0 Å². The lowest BCUT2D eigenvalue weighted by molar-refractivity contribution is 0.203. The molecule has 0 aliphatic heterocycles. The normalized spacial score (nSPS) is 12.5. The third kappa shape index (κ3) is 4.08. The maximum Gasteiger partial charge on any atom is 0.133 e. The van der Waals surface area contributed by atoms with Crippen molar-refractivity contribution in [2.24, 2.45) is 0 Å². The van der Waals surface area contributed by atoms with E-state index in [1.165, 1.54) is 5.56 Å². The molecule has 3 nitrogen and oxygen atoms in total. The molecular weight excluding hydrogens is 260 g/mol. The van der Waals surface area contributed by atoms with Crippen LogP contribution in [-0.2, 0) is 10.6 Å². The summed E-state index contributed by atoms with van der Waals surface area (Å²) in [6.07, 6.45) is 1.07. The molecule has 0 saturated heterocycles. The average molecular weight is 285 g/mol. The van der Waals surface area contributed by atoms with Crippen LogP contribution in [0.2, 0.25) is 0 Å². The third-order valence-electron chi connectivity index (χ3n) is 3.52. The molecule has 1 heterocycles. The van der Waals surface area contributed by atoms with Crippen LogP contribution >= 0.6 is 11.6 Å². The molecule has 1 atom stereocenters. The van der Waals surface area contributed by atoms with E-state index in [4.69, 9.17) is 21.3 Å². The van der Waals surface area contributed by atoms with Gasteiger partial charge in [-0.1, -0.05) is 6.92 Å². The minimum Gasteiger partial charge on any atom is -0.383 e. The van der Waals surface area contributed by atoms with Gasteiger partial charge in [0.1, 0.15) is 5.82 Å². The summed E-state index contributed by atoms with van der Waals surface area (Å²) in [7, 11) is 1.73. The first-order valence-corrected chi connectivity index (χ1v) is 7.37. The maximum atomic E-state index is 6.12. The van der Waals surface area contributed by atoms with Gasteiger partial charge in [-0.3, -0.25) is 0 Å². The van der Waals surface area contributed by atoms with Crippen LogP contribution in [0.25, 0.3) is 0 Å². The van der Waals surface area contributed by atoms with Crippen molar-refractivity contribution >= 4 is 17.4 Å². The second-order valence-electron chi connectivity index (χ2n) is 4.96. The van der Waals surface area contributed by atoms with Crippen molar-refractivity contribution in [2.45, 2.75) is 46.0 Å². The molecule has 0 N–H and O–H groups in total. The van der Waals surface area contributed by atoms with Gasteiger partial charge in [0.25, 0.3) is 0 Å². The first-order chi connectivity index (χ1) is 9.04. The first-order valence-electron chi connectivity index (χ1n) is 6.83. The summed E-state index contributed by atoms with van der Waals surface area (Å²) in [6.45, 7) is 10.1. The number of nitrogens with zero attached hydrogens (tertiary/aromatic N) is 2. The number of aryl methyl sites for hydroxylation is 2. The molecule has 1 aromatic heterocycles. The Bertz CT molecular complexity index is 409. The number of methoxy groups -OCH3 is 1. The molecule has 0 fully saturated rings. The molecule has 0 bridgehead atoms. The van der Waals surface area contributed by atoms with Gasteiger partial charge in [-0.2, -0.15) is 0 Å². The Labute approximate surface area is 121 Å². The minimum atomic E-state index is 0.422. The summed E-state index contributed by atoms with van der Waals surface area (Å²) >= 11 is 6.12. The SMILES string of the molecule is CCC(C)N(CCOC)c1nc(C)cc(C)c1CCl. The van der Waals surface area contributed by atoms with Crippen molar-refractivity contribution in [3.05, 3.63) is 22.9 Å². The second-order valence-corrected chi connectivity index (χ2v) is 5.23. The molecule has 0 aliphatic rings. The Morgan fingerprint density at radius 2 is 2.11 bits per heavy atom. The van der Waals surface area contributed by atoms with Gasteiger partial charge in [-0.15, -0.1) is 11.6 Å². The van der Waals surface area contributed by atoms with Crippen LogP contribution < -0.4 is 4.90 Å². The lowest BCUT2D eigenvalue weighted by Gasteiger charge is -2.31. The zero-order chi connectivity index (χ0) is 14.4. The van der Waals surface area contributed by atoms with Gasteiger partial charge in [0.15, 0.2) is 0 Å². The fourth-order valence-electron chi connectivity index (χ4n) is 2.19. The average Bonchev–Trinajstić information content (AvgIpc) is 2.38. The molecule has 0 saturated carbocycles. The number of hydrogen-bond donors (Lipinski definition) is 0. The van der Waals surface area contributed by atoms with E-state index in [0.717, 1.165) is 30.0 Å². The van der Waals surface area contributed by atoms with Crippen LogP contribution in [0.4, 0.5) is 5.82 Å². The van der Waals surface area contributed by atoms with Gasteiger partial charge in [0.05, 0.1) is 12.5 Å². The van der Waals surface area contributed by atoms with Crippen molar-refractivity contribution < 1.29 is 4.74 Å². The van der Waals surface area contributed by atoms with Crippen molar-refractivity contribution in [1.29, 1.82) is 0 Å². The lowest BCUT2D eigenvalue weighted by atomic mass is 10.1. The molecule has 0 aromatic carbocycles. The highest BCUT2D eigenvalue weighted by molar-refractivity contribution is 6.17. The molecule has 1 aromatic rings. The fourth-order valence-corrected chi connectivity index (χ4v) is 2.52. The van der Waals surface area contributed by atoms with Crippen molar-refractivity contribution in [3.63, 3.8) is 0 Å². The van der Waals surface area contributed by atoms with Crippen molar-refractivity contribution in [2.75, 3.05) is 25.2 Å². The number of alkyl halides is 1. The van der Waals surface area contributed by atoms with Crippen molar-refractivity contribution in [1.82, 2.24) is 4.98 Å². The van der Waals surface area contributed by atoms with Gasteiger partial charge in [-0.05, 0) is 38.8 Å². The quantitative estimate of drug-likeness (QED) is 0.714. The topological polar surface area (TPSA) is 25.4 Å². The van der Waals surface area contributed by atoms with Gasteiger partial charge in [0, 0.05) is 31.0 Å². The summed E-state index contributed by atoms with van der Waals surface area (Å²) in [6, 6.07) is 2.51. The summed E-state index contributed by atoms with van der Waals surface area (Å²) in [5.74, 6) is 1.51. The molecule has 0 amide bonds. The lowest BCUT2D eigenvalue weighted by Crippen LogP contribution is -2.37. The molecule has 4 heteroatoms. The van der Waals surface area contributed by atoms with Crippen LogP contribution in [0.15, 0.2) is 6.07 Å². The standard InChI is InChI=1S/C15H25ClN2O/c1-6-13(4)18(7-8-19-5)15-14(10-16)11(2)9-12(3)17-15/h9,13H,6-8,10H2,1-5H3. The molecule has 1 unspecified atom stereocenters. The van der Waals surface area contributed by atoms with Crippen molar-refractivity contribution in [3.8, 4) is 0 Å². The van der Waals surface area contributed by atoms with Gasteiger partial charge < -0.3 is 9.64 Å². The highest BCUT2D eigenvalue weighted by atomic mass is 35.5. The number of pyridine rings is 1. The Kier molecular flexibility index (Phi) is 6.59. The molecular formula is C15H25ClN2O. The zero-order valence-electron chi connectivity index (χ0n) is 12.7. The summed E-state index contributed by atoms with van der Waals surface area (Å²) in [4.78, 5) is 7.02. The van der Waals surface area contributed by atoms with Gasteiger partial charge >= 0.3 is 0 Å². The number of ether oxygens (including phenoxy) is 1. The highest BCUT2D eigenvalue weighted by Crippen LogP contribution is 2.26. The molecule has 0 spiro atoms. The predicted molar refractivity (Wildman–Crippen MR) is 82.2 cm³/mol. The second kappa shape index (κ2) is 7.71. The van der Waals surface area contributed by atoms with E-state index in [1.807, 2.05) is 6.92 Å². The summed E-state index contributed by atoms with van der Waals surface area (Å²) < 4.78 is 5.22. The largest absolute Gasteiger partial charge is 0.383 e. The fraction of sp³-hybridized carbons (Fsp3) is 0.667. The molecule has 0 aliphatic carbocycles. The highest BCUT2D eigenvalue weighted by Gasteiger charge is 2.19. The zero-order valence-corrected chi connectivity index (χ0v) is 13.4. The van der Waals surface area contributed by atoms with E-state index in [1.54, 1.807) is 7.11 Å². The monoisotopic (exact) mass is 284 g/mol. The summed E-state index contributed by atoms with van der Waals surface area (Å²) in [5, 5.41) is 0. The smallest absolute Gasteiger partial charge is 0.133 e. The van der Waals surface area contributed by atoms with E-state index in [2.05, 4.69) is 31.7 Å². The van der Waals surface area contributed by atoms with Gasteiger partial charge in [0.2, 0.25) is 0 Å². The minimum absolute atomic E-state index is 0.422. The molecule has 108 valence electrons. The molecule has 0 radical (unpaired) electrons. The van der Waals surface area contributed by atoms with Crippen LogP contribution in [0.3, 0.4) is 0 Å². The van der Waals surface area contributed by atoms with E-state index in [0.29, 0.717) is 18.5 Å². The van der Waals surface area contributed by atoms with Crippen LogP contribution in [0, 0.1) is 13.8 Å². The Morgan fingerprint density at radius 1 is 1.42 bits per heavy atom. The Hall–Kier alpha value is -0.800. The molecule has 19 heavy (non-hydrogen) atoms. The molecule has 1 rings (SSSR count).